The van der Waals surface area contributed by atoms with Crippen molar-refractivity contribution in [2.75, 3.05) is 11.9 Å². The van der Waals surface area contributed by atoms with Gasteiger partial charge in [-0.15, -0.1) is 0 Å². The van der Waals surface area contributed by atoms with Gasteiger partial charge >= 0.3 is 0 Å². The Morgan fingerprint density at radius 3 is 2.75 bits per heavy atom. The monoisotopic (exact) mass is 321 g/mol. The van der Waals surface area contributed by atoms with Gasteiger partial charge in [-0.2, -0.15) is 5.26 Å². The zero-order valence-corrected chi connectivity index (χ0v) is 13.4. The minimum atomic E-state index is -0.568. The molecule has 2 aromatic rings. The molecule has 3 N–H and O–H groups in total. The minimum absolute atomic E-state index is 0.0458. The molecule has 0 aliphatic rings. The standard InChI is InChI=1S/C19H19N3O2/c1-14-5-4-6-15(11-14)9-10-21-13-16(12-20)19(24)22-17-7-2-3-8-18(17)23/h2-8,11,13,21,23H,9-10H2,1H3,(H,22,24)/b16-13-. The van der Waals surface area contributed by atoms with E-state index in [4.69, 9.17) is 5.26 Å². The average molecular weight is 321 g/mol. The number of amides is 1. The van der Waals surface area contributed by atoms with Gasteiger partial charge in [0, 0.05) is 12.7 Å². The van der Waals surface area contributed by atoms with Crippen LogP contribution in [0.15, 0.2) is 60.3 Å². The van der Waals surface area contributed by atoms with Gasteiger partial charge in [-0.3, -0.25) is 4.79 Å². The number of phenolic OH excluding ortho intramolecular Hbond substituents is 1. The third-order valence-electron chi connectivity index (χ3n) is 3.40. The molecule has 0 saturated carbocycles. The summed E-state index contributed by atoms with van der Waals surface area (Å²) >= 11 is 0. The van der Waals surface area contributed by atoms with Crippen LogP contribution >= 0.6 is 0 Å². The first-order valence-corrected chi connectivity index (χ1v) is 7.58. The quantitative estimate of drug-likeness (QED) is 0.330. The molecule has 122 valence electrons. The van der Waals surface area contributed by atoms with E-state index >= 15 is 0 Å². The number of aromatic hydroxyl groups is 1. The van der Waals surface area contributed by atoms with Crippen molar-refractivity contribution >= 4 is 11.6 Å². The molecule has 2 rings (SSSR count). The lowest BCUT2D eigenvalue weighted by molar-refractivity contribution is -0.112. The molecule has 24 heavy (non-hydrogen) atoms. The first kappa shape index (κ1) is 17.1. The van der Waals surface area contributed by atoms with Crippen LogP contribution in [0.1, 0.15) is 11.1 Å². The Morgan fingerprint density at radius 2 is 2.04 bits per heavy atom. The van der Waals surface area contributed by atoms with Gasteiger partial charge in [-0.05, 0) is 31.0 Å². The maximum Gasteiger partial charge on any atom is 0.267 e. The molecule has 2 aromatic carbocycles. The van der Waals surface area contributed by atoms with Crippen molar-refractivity contribution in [1.82, 2.24) is 5.32 Å². The van der Waals surface area contributed by atoms with Crippen LogP contribution < -0.4 is 10.6 Å². The maximum atomic E-state index is 12.1. The maximum absolute atomic E-state index is 12.1. The first-order chi connectivity index (χ1) is 11.6. The van der Waals surface area contributed by atoms with E-state index in [1.807, 2.05) is 31.2 Å². The number of nitrogens with zero attached hydrogens (tertiary/aromatic N) is 1. The van der Waals surface area contributed by atoms with Gasteiger partial charge in [-0.25, -0.2) is 0 Å². The van der Waals surface area contributed by atoms with Crippen LogP contribution in [0, 0.1) is 18.3 Å². The number of para-hydroxylation sites is 2. The molecule has 1 amide bonds. The molecule has 0 aliphatic carbocycles. The number of nitriles is 1. The smallest absolute Gasteiger partial charge is 0.267 e. The lowest BCUT2D eigenvalue weighted by Gasteiger charge is -2.07. The largest absolute Gasteiger partial charge is 0.506 e. The summed E-state index contributed by atoms with van der Waals surface area (Å²) in [6.45, 7) is 2.65. The van der Waals surface area contributed by atoms with Crippen molar-refractivity contribution in [3.8, 4) is 11.8 Å². The Kier molecular flexibility index (Phi) is 5.98. The molecule has 0 saturated heterocycles. The third kappa shape index (κ3) is 4.89. The fourth-order valence-corrected chi connectivity index (χ4v) is 2.18. The SMILES string of the molecule is Cc1cccc(CCN/C=C(/C#N)C(=O)Nc2ccccc2O)c1. The predicted molar refractivity (Wildman–Crippen MR) is 93.3 cm³/mol. The van der Waals surface area contributed by atoms with Crippen molar-refractivity contribution in [1.29, 1.82) is 5.26 Å². The summed E-state index contributed by atoms with van der Waals surface area (Å²) in [5.74, 6) is -0.613. The van der Waals surface area contributed by atoms with Crippen LogP contribution in [-0.2, 0) is 11.2 Å². The second-order valence-corrected chi connectivity index (χ2v) is 5.33. The van der Waals surface area contributed by atoms with E-state index in [-0.39, 0.29) is 17.0 Å². The minimum Gasteiger partial charge on any atom is -0.506 e. The van der Waals surface area contributed by atoms with Crippen LogP contribution in [-0.4, -0.2) is 17.6 Å². The number of aryl methyl sites for hydroxylation is 1. The highest BCUT2D eigenvalue weighted by atomic mass is 16.3. The molecule has 0 fully saturated rings. The summed E-state index contributed by atoms with van der Waals surface area (Å²) in [6.07, 6.45) is 2.18. The van der Waals surface area contributed by atoms with Crippen LogP contribution in [0.4, 0.5) is 5.69 Å². The molecular weight excluding hydrogens is 302 g/mol. The van der Waals surface area contributed by atoms with E-state index in [0.29, 0.717) is 6.54 Å². The number of nitrogens with one attached hydrogen (secondary N) is 2. The average Bonchev–Trinajstić information content (AvgIpc) is 2.57. The van der Waals surface area contributed by atoms with Gasteiger partial charge < -0.3 is 15.7 Å². The Balaban J connectivity index is 1.90. The first-order valence-electron chi connectivity index (χ1n) is 7.58. The molecule has 0 aliphatic heterocycles. The fraction of sp³-hybridized carbons (Fsp3) is 0.158. The van der Waals surface area contributed by atoms with Gasteiger partial charge in [-0.1, -0.05) is 42.0 Å². The molecule has 0 aromatic heterocycles. The zero-order chi connectivity index (χ0) is 17.4. The molecule has 5 nitrogen and oxygen atoms in total. The topological polar surface area (TPSA) is 85.2 Å². The van der Waals surface area contributed by atoms with Crippen LogP contribution in [0.5, 0.6) is 5.75 Å². The van der Waals surface area contributed by atoms with E-state index in [9.17, 15) is 9.90 Å². The number of carbonyl (C=O) groups is 1. The predicted octanol–water partition coefficient (Wildman–Crippen LogP) is 2.88. The normalized spacial score (nSPS) is 10.8. The summed E-state index contributed by atoms with van der Waals surface area (Å²) < 4.78 is 0. The highest BCUT2D eigenvalue weighted by molar-refractivity contribution is 6.07. The van der Waals surface area contributed by atoms with Crippen molar-refractivity contribution in [3.63, 3.8) is 0 Å². The molecule has 0 bridgehead atoms. The number of benzene rings is 2. The van der Waals surface area contributed by atoms with Crippen molar-refractivity contribution in [3.05, 3.63) is 71.4 Å². The van der Waals surface area contributed by atoms with E-state index < -0.39 is 5.91 Å². The zero-order valence-electron chi connectivity index (χ0n) is 13.4. The molecule has 5 heteroatoms. The van der Waals surface area contributed by atoms with E-state index in [1.165, 1.54) is 23.4 Å². The summed E-state index contributed by atoms with van der Waals surface area (Å²) in [4.78, 5) is 12.1. The Bertz CT molecular complexity index is 791. The summed E-state index contributed by atoms with van der Waals surface area (Å²) in [5.41, 5.74) is 2.60. The molecule has 0 radical (unpaired) electrons. The number of hydrogen-bond donors (Lipinski definition) is 3. The number of phenols is 1. The van der Waals surface area contributed by atoms with Crippen molar-refractivity contribution in [2.24, 2.45) is 0 Å². The van der Waals surface area contributed by atoms with E-state index in [0.717, 1.165) is 6.42 Å². The summed E-state index contributed by atoms with van der Waals surface area (Å²) in [5, 5.41) is 24.2. The van der Waals surface area contributed by atoms with Gasteiger partial charge in [0.15, 0.2) is 0 Å². The molecule has 0 unspecified atom stereocenters. The van der Waals surface area contributed by atoms with Crippen molar-refractivity contribution < 1.29 is 9.90 Å². The summed E-state index contributed by atoms with van der Waals surface area (Å²) in [7, 11) is 0. The molecule has 0 spiro atoms. The second-order valence-electron chi connectivity index (χ2n) is 5.33. The van der Waals surface area contributed by atoms with Crippen molar-refractivity contribution in [2.45, 2.75) is 13.3 Å². The lowest BCUT2D eigenvalue weighted by atomic mass is 10.1. The van der Waals surface area contributed by atoms with Gasteiger partial charge in [0.05, 0.1) is 5.69 Å². The number of hydrogen-bond acceptors (Lipinski definition) is 4. The lowest BCUT2D eigenvalue weighted by Crippen LogP contribution is -2.18. The van der Waals surface area contributed by atoms with E-state index in [1.54, 1.807) is 18.2 Å². The second kappa shape index (κ2) is 8.39. The number of rotatable bonds is 6. The number of anilines is 1. The highest BCUT2D eigenvalue weighted by Gasteiger charge is 2.10. The summed E-state index contributed by atoms with van der Waals surface area (Å²) in [6, 6.07) is 16.4. The van der Waals surface area contributed by atoms with E-state index in [2.05, 4.69) is 16.7 Å². The molecule has 0 atom stereocenters. The number of carbonyl (C=O) groups excluding carboxylic acids is 1. The Labute approximate surface area is 141 Å². The van der Waals surface area contributed by atoms with Crippen LogP contribution in [0.3, 0.4) is 0 Å². The molecule has 0 heterocycles. The Morgan fingerprint density at radius 1 is 1.25 bits per heavy atom. The highest BCUT2D eigenvalue weighted by Crippen LogP contribution is 2.21. The van der Waals surface area contributed by atoms with Crippen LogP contribution in [0.2, 0.25) is 0 Å². The van der Waals surface area contributed by atoms with Gasteiger partial charge in [0.2, 0.25) is 0 Å². The Hall–Kier alpha value is -3.26. The van der Waals surface area contributed by atoms with Gasteiger partial charge in [0.1, 0.15) is 17.4 Å². The van der Waals surface area contributed by atoms with Crippen LogP contribution in [0.25, 0.3) is 0 Å². The third-order valence-corrected chi connectivity index (χ3v) is 3.40. The fourth-order valence-electron chi connectivity index (χ4n) is 2.18. The molecular formula is C19H19N3O2. The van der Waals surface area contributed by atoms with Gasteiger partial charge in [0.25, 0.3) is 5.91 Å².